The van der Waals surface area contributed by atoms with Crippen molar-refractivity contribution in [2.75, 3.05) is 32.8 Å². The standard InChI is InChI=1S/C16H22N2O7/c19-13(18-3-6-23-7-4-18)8-11-14(20)15(21)12(25-11)9-17-16(22)10-2-1-5-24-10/h1-2,5,11-12,14-15,20-21H,3-4,6-9H2,(H,17,22)/t11-,12-,14-,15+/m0/s1. The molecular formula is C16H22N2O7. The van der Waals surface area contributed by atoms with E-state index in [2.05, 4.69) is 5.32 Å². The van der Waals surface area contributed by atoms with Gasteiger partial charge in [-0.15, -0.1) is 0 Å². The summed E-state index contributed by atoms with van der Waals surface area (Å²) < 4.78 is 15.8. The predicted molar refractivity (Wildman–Crippen MR) is 83.7 cm³/mol. The van der Waals surface area contributed by atoms with Crippen LogP contribution in [-0.2, 0) is 14.3 Å². The van der Waals surface area contributed by atoms with Crippen molar-refractivity contribution in [2.45, 2.75) is 30.8 Å². The van der Waals surface area contributed by atoms with Gasteiger partial charge in [0.05, 0.1) is 32.0 Å². The topological polar surface area (TPSA) is 121 Å². The maximum Gasteiger partial charge on any atom is 0.287 e. The molecule has 0 saturated carbocycles. The highest BCUT2D eigenvalue weighted by Gasteiger charge is 2.43. The molecule has 9 nitrogen and oxygen atoms in total. The number of furan rings is 1. The SMILES string of the molecule is O=C(NC[C@@H]1O[C@@H](CC(=O)N2CCOCC2)[C@H](O)[C@@H]1O)c1ccco1. The van der Waals surface area contributed by atoms with E-state index in [1.165, 1.54) is 12.3 Å². The lowest BCUT2D eigenvalue weighted by Crippen LogP contribution is -2.43. The fraction of sp³-hybridized carbons (Fsp3) is 0.625. The summed E-state index contributed by atoms with van der Waals surface area (Å²) in [4.78, 5) is 25.7. The molecule has 3 N–H and O–H groups in total. The van der Waals surface area contributed by atoms with Gasteiger partial charge in [0.15, 0.2) is 5.76 Å². The largest absolute Gasteiger partial charge is 0.459 e. The summed E-state index contributed by atoms with van der Waals surface area (Å²) in [6.45, 7) is 1.99. The number of nitrogens with zero attached hydrogens (tertiary/aromatic N) is 1. The van der Waals surface area contributed by atoms with Crippen LogP contribution in [0, 0.1) is 0 Å². The van der Waals surface area contributed by atoms with Crippen molar-refractivity contribution in [2.24, 2.45) is 0 Å². The first-order valence-electron chi connectivity index (χ1n) is 8.25. The summed E-state index contributed by atoms with van der Waals surface area (Å²) in [5.41, 5.74) is 0. The van der Waals surface area contributed by atoms with Crippen LogP contribution >= 0.6 is 0 Å². The van der Waals surface area contributed by atoms with Gasteiger partial charge in [-0.25, -0.2) is 0 Å². The molecule has 2 fully saturated rings. The number of rotatable bonds is 5. The van der Waals surface area contributed by atoms with Gasteiger partial charge in [-0.3, -0.25) is 9.59 Å². The monoisotopic (exact) mass is 354 g/mol. The van der Waals surface area contributed by atoms with Gasteiger partial charge in [-0.05, 0) is 12.1 Å². The average molecular weight is 354 g/mol. The third kappa shape index (κ3) is 4.18. The molecule has 0 aromatic carbocycles. The Kier molecular flexibility index (Phi) is 5.69. The summed E-state index contributed by atoms with van der Waals surface area (Å²) in [7, 11) is 0. The maximum atomic E-state index is 12.2. The molecule has 0 unspecified atom stereocenters. The van der Waals surface area contributed by atoms with E-state index in [1.807, 2.05) is 0 Å². The van der Waals surface area contributed by atoms with Gasteiger partial charge in [-0.2, -0.15) is 0 Å². The first-order chi connectivity index (χ1) is 12.1. The Morgan fingerprint density at radius 2 is 1.92 bits per heavy atom. The second-order valence-corrected chi connectivity index (χ2v) is 6.08. The molecule has 25 heavy (non-hydrogen) atoms. The number of aliphatic hydroxyl groups excluding tert-OH is 2. The maximum absolute atomic E-state index is 12.2. The van der Waals surface area contributed by atoms with Crippen LogP contribution in [0.15, 0.2) is 22.8 Å². The zero-order valence-corrected chi connectivity index (χ0v) is 13.7. The minimum absolute atomic E-state index is 0.00000472. The lowest BCUT2D eigenvalue weighted by Gasteiger charge is -2.28. The predicted octanol–water partition coefficient (Wildman–Crippen LogP) is -1.25. The molecule has 0 aliphatic carbocycles. The van der Waals surface area contributed by atoms with Crippen LogP contribution in [0.4, 0.5) is 0 Å². The van der Waals surface area contributed by atoms with E-state index in [9.17, 15) is 19.8 Å². The van der Waals surface area contributed by atoms with Crippen molar-refractivity contribution in [1.29, 1.82) is 0 Å². The molecule has 138 valence electrons. The van der Waals surface area contributed by atoms with E-state index < -0.39 is 30.3 Å². The van der Waals surface area contributed by atoms with Crippen LogP contribution in [-0.4, -0.2) is 84.2 Å². The van der Waals surface area contributed by atoms with E-state index in [4.69, 9.17) is 13.9 Å². The molecule has 3 heterocycles. The normalized spacial score (nSPS) is 29.6. The Balaban J connectivity index is 1.50. The number of carbonyl (C=O) groups excluding carboxylic acids is 2. The zero-order valence-electron chi connectivity index (χ0n) is 13.7. The number of morpholine rings is 1. The molecule has 1 aromatic heterocycles. The van der Waals surface area contributed by atoms with E-state index in [1.54, 1.807) is 11.0 Å². The minimum atomic E-state index is -1.18. The van der Waals surface area contributed by atoms with Crippen molar-refractivity contribution in [3.05, 3.63) is 24.2 Å². The molecule has 4 atom stereocenters. The van der Waals surface area contributed by atoms with E-state index >= 15 is 0 Å². The number of amides is 2. The van der Waals surface area contributed by atoms with Gasteiger partial charge in [-0.1, -0.05) is 0 Å². The van der Waals surface area contributed by atoms with E-state index in [0.29, 0.717) is 26.3 Å². The second kappa shape index (κ2) is 7.96. The Bertz CT molecular complexity index is 585. The molecule has 3 rings (SSSR count). The van der Waals surface area contributed by atoms with Gasteiger partial charge in [0.1, 0.15) is 18.3 Å². The Hall–Kier alpha value is -1.94. The van der Waals surface area contributed by atoms with Crippen LogP contribution in [0.25, 0.3) is 0 Å². The molecule has 2 amide bonds. The lowest BCUT2D eigenvalue weighted by molar-refractivity contribution is -0.139. The fourth-order valence-electron chi connectivity index (χ4n) is 2.97. The molecule has 0 bridgehead atoms. The molecule has 0 radical (unpaired) electrons. The Morgan fingerprint density at radius 3 is 2.60 bits per heavy atom. The van der Waals surface area contributed by atoms with Crippen molar-refractivity contribution in [3.8, 4) is 0 Å². The number of aliphatic hydroxyl groups is 2. The Labute approximate surface area is 144 Å². The van der Waals surface area contributed by atoms with Crippen LogP contribution < -0.4 is 5.32 Å². The summed E-state index contributed by atoms with van der Waals surface area (Å²) in [5, 5.41) is 22.8. The number of nitrogens with one attached hydrogen (secondary N) is 1. The fourth-order valence-corrected chi connectivity index (χ4v) is 2.97. The molecule has 2 aliphatic heterocycles. The van der Waals surface area contributed by atoms with Crippen molar-refractivity contribution >= 4 is 11.8 Å². The molecule has 2 aliphatic rings. The smallest absolute Gasteiger partial charge is 0.287 e. The molecular weight excluding hydrogens is 332 g/mol. The average Bonchev–Trinajstić information content (AvgIpc) is 3.25. The van der Waals surface area contributed by atoms with Gasteiger partial charge >= 0.3 is 0 Å². The van der Waals surface area contributed by atoms with E-state index in [0.717, 1.165) is 0 Å². The summed E-state index contributed by atoms with van der Waals surface area (Å²) in [6, 6.07) is 3.10. The summed E-state index contributed by atoms with van der Waals surface area (Å²) in [6.07, 6.45) is -2.62. The first kappa shape index (κ1) is 17.9. The minimum Gasteiger partial charge on any atom is -0.459 e. The van der Waals surface area contributed by atoms with Crippen molar-refractivity contribution in [1.82, 2.24) is 10.2 Å². The van der Waals surface area contributed by atoms with Crippen LogP contribution in [0.1, 0.15) is 17.0 Å². The number of hydrogen-bond donors (Lipinski definition) is 3. The molecule has 0 spiro atoms. The summed E-state index contributed by atoms with van der Waals surface area (Å²) in [5.74, 6) is -0.449. The van der Waals surface area contributed by atoms with Crippen molar-refractivity contribution < 1.29 is 33.7 Å². The zero-order chi connectivity index (χ0) is 17.8. The molecule has 9 heteroatoms. The number of hydrogen-bond acceptors (Lipinski definition) is 7. The quantitative estimate of drug-likeness (QED) is 0.604. The molecule has 2 saturated heterocycles. The van der Waals surface area contributed by atoms with Gasteiger partial charge < -0.3 is 34.3 Å². The van der Waals surface area contributed by atoms with Crippen LogP contribution in [0.5, 0.6) is 0 Å². The van der Waals surface area contributed by atoms with Crippen molar-refractivity contribution in [3.63, 3.8) is 0 Å². The Morgan fingerprint density at radius 1 is 1.20 bits per heavy atom. The van der Waals surface area contributed by atoms with Crippen LogP contribution in [0.3, 0.4) is 0 Å². The van der Waals surface area contributed by atoms with E-state index in [-0.39, 0.29) is 24.6 Å². The van der Waals surface area contributed by atoms with Gasteiger partial charge in [0.2, 0.25) is 5.91 Å². The van der Waals surface area contributed by atoms with Gasteiger partial charge in [0, 0.05) is 19.6 Å². The summed E-state index contributed by atoms with van der Waals surface area (Å²) >= 11 is 0. The number of carbonyl (C=O) groups is 2. The highest BCUT2D eigenvalue weighted by Crippen LogP contribution is 2.24. The first-order valence-corrected chi connectivity index (χ1v) is 8.25. The second-order valence-electron chi connectivity index (χ2n) is 6.08. The third-order valence-electron chi connectivity index (χ3n) is 4.41. The van der Waals surface area contributed by atoms with Crippen LogP contribution in [0.2, 0.25) is 0 Å². The third-order valence-corrected chi connectivity index (χ3v) is 4.41. The van der Waals surface area contributed by atoms with Gasteiger partial charge in [0.25, 0.3) is 5.91 Å². The highest BCUT2D eigenvalue weighted by atomic mass is 16.5. The lowest BCUT2D eigenvalue weighted by atomic mass is 10.0. The molecule has 1 aromatic rings. The highest BCUT2D eigenvalue weighted by molar-refractivity contribution is 5.91. The number of ether oxygens (including phenoxy) is 2.